The van der Waals surface area contributed by atoms with Gasteiger partial charge < -0.3 is 14.9 Å². The van der Waals surface area contributed by atoms with Crippen LogP contribution in [-0.2, 0) is 6.61 Å². The molecule has 0 saturated heterocycles. The molecule has 1 aromatic carbocycles. The number of hydrogen-bond donors (Lipinski definition) is 3. The number of aliphatic hydroxyl groups excluding tert-OH is 1. The zero-order chi connectivity index (χ0) is 25.7. The number of rotatable bonds is 6. The van der Waals surface area contributed by atoms with Gasteiger partial charge in [0.1, 0.15) is 17.9 Å². The van der Waals surface area contributed by atoms with Crippen LogP contribution in [-0.4, -0.2) is 51.6 Å². The molecular formula is C24H20F2N8O3. The maximum Gasteiger partial charge on any atom is 0.274 e. The van der Waals surface area contributed by atoms with Crippen LogP contribution in [0.1, 0.15) is 46.5 Å². The quantitative estimate of drug-likeness (QED) is 0.316. The van der Waals surface area contributed by atoms with E-state index in [1.165, 1.54) is 6.20 Å². The largest absolute Gasteiger partial charge is 0.388 e. The molecule has 37 heavy (non-hydrogen) atoms. The Morgan fingerprint density at radius 1 is 1.24 bits per heavy atom. The van der Waals surface area contributed by atoms with Crippen molar-refractivity contribution in [2.45, 2.75) is 38.2 Å². The molecule has 5 aromatic rings. The fraction of sp³-hybridized carbons (Fsp3) is 0.250. The summed E-state index contributed by atoms with van der Waals surface area (Å²) in [5, 5.41) is 22.7. The minimum Gasteiger partial charge on any atom is -0.388 e. The minimum absolute atomic E-state index is 0.187. The number of aromatic nitrogens is 7. The van der Waals surface area contributed by atoms with E-state index in [2.05, 4.69) is 35.6 Å². The van der Waals surface area contributed by atoms with Gasteiger partial charge in [-0.1, -0.05) is 17.3 Å². The number of nitrogens with one attached hydrogen (secondary N) is 2. The van der Waals surface area contributed by atoms with E-state index in [9.17, 15) is 18.7 Å². The molecule has 6 rings (SSSR count). The zero-order valence-electron chi connectivity index (χ0n) is 19.4. The number of benzene rings is 1. The molecule has 0 spiro atoms. The van der Waals surface area contributed by atoms with E-state index in [1.54, 1.807) is 40.9 Å². The molecule has 4 heterocycles. The van der Waals surface area contributed by atoms with E-state index in [-0.39, 0.29) is 42.7 Å². The Balaban J connectivity index is 1.25. The fourth-order valence-corrected chi connectivity index (χ4v) is 4.22. The Labute approximate surface area is 207 Å². The Kier molecular flexibility index (Phi) is 5.30. The Hall–Kier alpha value is -4.52. The van der Waals surface area contributed by atoms with Crippen LogP contribution >= 0.6 is 0 Å². The van der Waals surface area contributed by atoms with Gasteiger partial charge in [-0.2, -0.15) is 10.1 Å². The number of halogens is 2. The molecule has 11 nitrogen and oxygen atoms in total. The number of amides is 1. The van der Waals surface area contributed by atoms with Crippen LogP contribution in [0, 0.1) is 6.92 Å². The van der Waals surface area contributed by atoms with Crippen LogP contribution in [0.4, 0.5) is 14.5 Å². The SMILES string of the molecule is Cc1ccc(-c2noc(C3CC(F)(F)C3)n2)cc1NC(=O)c1cnc2ccc(-c3nc(CO)n[nH]3)cn12. The molecule has 1 fully saturated rings. The highest BCUT2D eigenvalue weighted by Crippen LogP contribution is 2.48. The highest BCUT2D eigenvalue weighted by molar-refractivity contribution is 6.04. The minimum atomic E-state index is -2.68. The van der Waals surface area contributed by atoms with Crippen LogP contribution in [0.5, 0.6) is 0 Å². The number of fused-ring (bicyclic) bond motifs is 1. The lowest BCUT2D eigenvalue weighted by molar-refractivity contribution is -0.0925. The average molecular weight is 506 g/mol. The van der Waals surface area contributed by atoms with Gasteiger partial charge in [0.2, 0.25) is 17.6 Å². The fourth-order valence-electron chi connectivity index (χ4n) is 4.22. The maximum absolute atomic E-state index is 13.2. The predicted octanol–water partition coefficient (Wildman–Crippen LogP) is 3.74. The smallest absolute Gasteiger partial charge is 0.274 e. The number of aliphatic hydroxyl groups is 1. The molecule has 1 aliphatic carbocycles. The van der Waals surface area contributed by atoms with Crippen LogP contribution in [0.2, 0.25) is 0 Å². The summed E-state index contributed by atoms with van der Waals surface area (Å²) in [6.07, 6.45) is 2.56. The van der Waals surface area contributed by atoms with Crippen molar-refractivity contribution in [3.8, 4) is 22.8 Å². The summed E-state index contributed by atoms with van der Waals surface area (Å²) < 4.78 is 33.3. The number of aromatic amines is 1. The number of aryl methyl sites for hydroxylation is 1. The topological polar surface area (TPSA) is 147 Å². The lowest BCUT2D eigenvalue weighted by Crippen LogP contribution is -2.33. The van der Waals surface area contributed by atoms with E-state index in [0.29, 0.717) is 28.3 Å². The predicted molar refractivity (Wildman–Crippen MR) is 126 cm³/mol. The Bertz CT molecular complexity index is 1630. The molecule has 1 amide bonds. The summed E-state index contributed by atoms with van der Waals surface area (Å²) in [6.45, 7) is 1.55. The van der Waals surface area contributed by atoms with Crippen LogP contribution in [0.25, 0.3) is 28.4 Å². The van der Waals surface area contributed by atoms with Crippen molar-refractivity contribution >= 4 is 17.2 Å². The van der Waals surface area contributed by atoms with Crippen molar-refractivity contribution in [3.05, 3.63) is 65.7 Å². The first kappa shape index (κ1) is 22.9. The molecule has 0 radical (unpaired) electrons. The molecule has 1 saturated carbocycles. The van der Waals surface area contributed by atoms with Crippen LogP contribution in [0.3, 0.4) is 0 Å². The summed E-state index contributed by atoms with van der Waals surface area (Å²) in [7, 11) is 0. The number of carbonyl (C=O) groups excluding carboxylic acids is 1. The first-order valence-corrected chi connectivity index (χ1v) is 11.4. The second kappa shape index (κ2) is 8.55. The summed E-state index contributed by atoms with van der Waals surface area (Å²) in [5.41, 5.74) is 3.40. The second-order valence-electron chi connectivity index (χ2n) is 8.95. The van der Waals surface area contributed by atoms with Gasteiger partial charge in [0.25, 0.3) is 5.91 Å². The Morgan fingerprint density at radius 2 is 2.05 bits per heavy atom. The Morgan fingerprint density at radius 3 is 2.81 bits per heavy atom. The van der Waals surface area contributed by atoms with E-state index in [0.717, 1.165) is 5.56 Å². The number of hydrogen-bond acceptors (Lipinski definition) is 8. The average Bonchev–Trinajstić information content (AvgIpc) is 3.62. The third kappa shape index (κ3) is 4.22. The van der Waals surface area contributed by atoms with Gasteiger partial charge in [-0.25, -0.2) is 18.7 Å². The number of carbonyl (C=O) groups is 1. The monoisotopic (exact) mass is 506 g/mol. The van der Waals surface area contributed by atoms with Crippen molar-refractivity contribution < 1.29 is 23.2 Å². The zero-order valence-corrected chi connectivity index (χ0v) is 19.4. The summed E-state index contributed by atoms with van der Waals surface area (Å²) in [4.78, 5) is 26.0. The number of anilines is 1. The number of imidazole rings is 1. The van der Waals surface area contributed by atoms with Gasteiger partial charge in [-0.15, -0.1) is 0 Å². The molecule has 0 aliphatic heterocycles. The summed E-state index contributed by atoms with van der Waals surface area (Å²) in [6, 6.07) is 8.80. The van der Waals surface area contributed by atoms with Gasteiger partial charge >= 0.3 is 0 Å². The van der Waals surface area contributed by atoms with Crippen LogP contribution in [0.15, 0.2) is 47.2 Å². The van der Waals surface area contributed by atoms with E-state index >= 15 is 0 Å². The van der Waals surface area contributed by atoms with E-state index in [4.69, 9.17) is 4.52 Å². The molecular weight excluding hydrogens is 486 g/mol. The van der Waals surface area contributed by atoms with Crippen molar-refractivity contribution in [2.75, 3.05) is 5.32 Å². The number of alkyl halides is 2. The molecule has 4 aromatic heterocycles. The molecule has 0 bridgehead atoms. The van der Waals surface area contributed by atoms with Crippen molar-refractivity contribution in [1.82, 2.24) is 34.7 Å². The van der Waals surface area contributed by atoms with E-state index < -0.39 is 17.7 Å². The lowest BCUT2D eigenvalue weighted by atomic mass is 9.81. The highest BCUT2D eigenvalue weighted by Gasteiger charge is 2.48. The second-order valence-corrected chi connectivity index (χ2v) is 8.95. The third-order valence-electron chi connectivity index (χ3n) is 6.31. The van der Waals surface area contributed by atoms with Gasteiger partial charge in [0, 0.05) is 41.8 Å². The molecule has 188 valence electrons. The number of nitrogens with zero attached hydrogens (tertiary/aromatic N) is 6. The first-order valence-electron chi connectivity index (χ1n) is 11.4. The number of H-pyrrole nitrogens is 1. The van der Waals surface area contributed by atoms with E-state index in [1.807, 2.05) is 6.92 Å². The van der Waals surface area contributed by atoms with Gasteiger partial charge in [-0.3, -0.25) is 14.3 Å². The standard InChI is InChI=1S/C24H20F2N8O3/c1-12-2-3-13(21-30-23(37-33-21)15-7-24(25,26)8-15)6-16(12)28-22(36)17-9-27-19-5-4-14(10-34(17)19)20-29-18(11-35)31-32-20/h2-6,9-10,15,35H,7-8,11H2,1H3,(H,28,36)(H,29,31,32). The molecule has 3 N–H and O–H groups in total. The normalized spacial score (nSPS) is 15.1. The highest BCUT2D eigenvalue weighted by atomic mass is 19.3. The maximum atomic E-state index is 13.2. The van der Waals surface area contributed by atoms with Crippen molar-refractivity contribution in [2.24, 2.45) is 0 Å². The molecule has 0 atom stereocenters. The van der Waals surface area contributed by atoms with Gasteiger partial charge in [0.15, 0.2) is 11.6 Å². The molecule has 0 unspecified atom stereocenters. The summed E-state index contributed by atoms with van der Waals surface area (Å²) in [5.74, 6) is -2.39. The van der Waals surface area contributed by atoms with Crippen molar-refractivity contribution in [1.29, 1.82) is 0 Å². The van der Waals surface area contributed by atoms with Crippen LogP contribution < -0.4 is 5.32 Å². The molecule has 1 aliphatic rings. The van der Waals surface area contributed by atoms with Gasteiger partial charge in [0.05, 0.1) is 6.20 Å². The van der Waals surface area contributed by atoms with Gasteiger partial charge in [-0.05, 0) is 30.7 Å². The summed E-state index contributed by atoms with van der Waals surface area (Å²) >= 11 is 0. The number of pyridine rings is 1. The molecule has 13 heteroatoms. The first-order chi connectivity index (χ1) is 17.8. The lowest BCUT2D eigenvalue weighted by Gasteiger charge is -2.31. The van der Waals surface area contributed by atoms with Crippen molar-refractivity contribution in [3.63, 3.8) is 0 Å². The third-order valence-corrected chi connectivity index (χ3v) is 6.31.